The lowest BCUT2D eigenvalue weighted by atomic mass is 10.0. The fraction of sp³-hybridized carbons (Fsp3) is 0.333. The molecular formula is C15H18N4O. The van der Waals surface area contributed by atoms with Crippen LogP contribution in [0.2, 0.25) is 0 Å². The van der Waals surface area contributed by atoms with Crippen LogP contribution in [0.3, 0.4) is 0 Å². The quantitative estimate of drug-likeness (QED) is 0.932. The van der Waals surface area contributed by atoms with E-state index in [0.29, 0.717) is 6.54 Å². The van der Waals surface area contributed by atoms with E-state index in [9.17, 15) is 0 Å². The number of H-pyrrole nitrogens is 1. The van der Waals surface area contributed by atoms with E-state index in [1.807, 2.05) is 38.8 Å². The summed E-state index contributed by atoms with van der Waals surface area (Å²) in [6.45, 7) is 2.71. The van der Waals surface area contributed by atoms with Crippen molar-refractivity contribution in [3.05, 3.63) is 41.0 Å². The molecule has 0 saturated carbocycles. The van der Waals surface area contributed by atoms with Crippen LogP contribution in [0.25, 0.3) is 11.6 Å². The molecule has 0 spiro atoms. The van der Waals surface area contributed by atoms with Crippen LogP contribution >= 0.6 is 0 Å². The smallest absolute Gasteiger partial charge is 0.0813 e. The number of nitrogens with zero attached hydrogens (tertiary/aromatic N) is 3. The molecule has 1 aliphatic heterocycles. The van der Waals surface area contributed by atoms with Gasteiger partial charge in [-0.3, -0.25) is 9.67 Å². The lowest BCUT2D eigenvalue weighted by Gasteiger charge is -2.09. The molecule has 1 aliphatic rings. The van der Waals surface area contributed by atoms with E-state index < -0.39 is 0 Å². The van der Waals surface area contributed by atoms with Crippen LogP contribution in [-0.2, 0) is 18.3 Å². The van der Waals surface area contributed by atoms with Gasteiger partial charge in [0.2, 0.25) is 0 Å². The predicted octanol–water partition coefficient (Wildman–Crippen LogP) is 2.58. The Bertz CT molecular complexity index is 678. The van der Waals surface area contributed by atoms with Crippen molar-refractivity contribution in [2.45, 2.75) is 19.6 Å². The summed E-state index contributed by atoms with van der Waals surface area (Å²) in [5, 5.41) is 4.22. The number of hydrogen-bond donors (Lipinski definition) is 1. The van der Waals surface area contributed by atoms with Gasteiger partial charge >= 0.3 is 0 Å². The molecule has 3 rings (SSSR count). The number of allylic oxidation sites excluding steroid dienone is 1. The zero-order valence-corrected chi connectivity index (χ0v) is 11.9. The summed E-state index contributed by atoms with van der Waals surface area (Å²) in [5.74, 6) is 0. The summed E-state index contributed by atoms with van der Waals surface area (Å²) in [6.07, 6.45) is 9.98. The van der Waals surface area contributed by atoms with Crippen molar-refractivity contribution in [3.63, 3.8) is 0 Å². The maximum absolute atomic E-state index is 5.44. The number of nitrogens with one attached hydrogen (secondary N) is 1. The molecule has 1 unspecified atom stereocenters. The van der Waals surface area contributed by atoms with Crippen molar-refractivity contribution < 1.29 is 4.74 Å². The zero-order chi connectivity index (χ0) is 14.1. The highest BCUT2D eigenvalue weighted by molar-refractivity contribution is 6.16. The number of ether oxygens (including phenoxy) is 1. The largest absolute Gasteiger partial charge is 0.377 e. The van der Waals surface area contributed by atoms with Crippen LogP contribution in [0.15, 0.2) is 23.6 Å². The predicted molar refractivity (Wildman–Crippen MR) is 79.5 cm³/mol. The van der Waals surface area contributed by atoms with Gasteiger partial charge < -0.3 is 9.72 Å². The monoisotopic (exact) mass is 270 g/mol. The fourth-order valence-corrected chi connectivity index (χ4v) is 2.42. The van der Waals surface area contributed by atoms with Gasteiger partial charge in [0.25, 0.3) is 0 Å². The van der Waals surface area contributed by atoms with Gasteiger partial charge in [-0.1, -0.05) is 0 Å². The van der Waals surface area contributed by atoms with E-state index >= 15 is 0 Å². The topological polar surface area (TPSA) is 55.2 Å². The van der Waals surface area contributed by atoms with E-state index in [1.54, 1.807) is 11.8 Å². The second kappa shape index (κ2) is 5.09. The Morgan fingerprint density at radius 3 is 3.00 bits per heavy atom. The number of aryl methyl sites for hydroxylation is 1. The van der Waals surface area contributed by atoms with E-state index in [-0.39, 0.29) is 6.10 Å². The maximum Gasteiger partial charge on any atom is 0.0813 e. The van der Waals surface area contributed by atoms with Crippen molar-refractivity contribution >= 4 is 17.9 Å². The molecule has 0 radical (unpaired) electrons. The minimum Gasteiger partial charge on any atom is -0.377 e. The Kier molecular flexibility index (Phi) is 3.28. The minimum absolute atomic E-state index is 0.0551. The number of rotatable bonds is 3. The number of methoxy groups -OCH3 is 1. The Balaban J connectivity index is 2.08. The van der Waals surface area contributed by atoms with Gasteiger partial charge in [-0.05, 0) is 13.0 Å². The van der Waals surface area contributed by atoms with Crippen LogP contribution < -0.4 is 0 Å². The molecule has 1 N–H and O–H groups in total. The van der Waals surface area contributed by atoms with Gasteiger partial charge in [-0.2, -0.15) is 5.10 Å². The summed E-state index contributed by atoms with van der Waals surface area (Å²) in [6, 6.07) is 0. The molecule has 3 heterocycles. The number of aromatic nitrogens is 3. The maximum atomic E-state index is 5.44. The first kappa shape index (κ1) is 12.9. The average molecular weight is 270 g/mol. The Morgan fingerprint density at radius 2 is 2.30 bits per heavy atom. The molecule has 20 heavy (non-hydrogen) atoms. The van der Waals surface area contributed by atoms with Gasteiger partial charge in [-0.15, -0.1) is 0 Å². The standard InChI is InChI=1S/C15H18N4O/c1-10(20-3)14-7-17-15-8-16-5-11(4-13(14)15)12-6-18-19(2)9-12/h4-7,9-10,17H,8H2,1-3H3. The van der Waals surface area contributed by atoms with Crippen molar-refractivity contribution in [3.8, 4) is 0 Å². The minimum atomic E-state index is 0.0551. The fourth-order valence-electron chi connectivity index (χ4n) is 2.42. The second-order valence-corrected chi connectivity index (χ2v) is 4.99. The van der Waals surface area contributed by atoms with Crippen molar-refractivity contribution in [2.24, 2.45) is 12.0 Å². The van der Waals surface area contributed by atoms with Gasteiger partial charge in [0.05, 0.1) is 18.8 Å². The summed E-state index contributed by atoms with van der Waals surface area (Å²) < 4.78 is 7.24. The first-order chi connectivity index (χ1) is 9.69. The molecule has 1 atom stereocenters. The lowest BCUT2D eigenvalue weighted by Crippen LogP contribution is -1.96. The van der Waals surface area contributed by atoms with Gasteiger partial charge in [0.1, 0.15) is 0 Å². The number of aromatic amines is 1. The third kappa shape index (κ3) is 2.20. The number of fused-ring (bicyclic) bond motifs is 1. The molecule has 2 aromatic rings. The average Bonchev–Trinajstić information content (AvgIpc) is 2.99. The molecule has 5 heteroatoms. The molecule has 0 saturated heterocycles. The van der Waals surface area contributed by atoms with Crippen LogP contribution in [0, 0.1) is 0 Å². The summed E-state index contributed by atoms with van der Waals surface area (Å²) in [5.41, 5.74) is 5.60. The number of hydrogen-bond acceptors (Lipinski definition) is 3. The third-order valence-corrected chi connectivity index (χ3v) is 3.65. The van der Waals surface area contributed by atoms with Crippen LogP contribution in [0.5, 0.6) is 0 Å². The van der Waals surface area contributed by atoms with Gasteiger partial charge in [0, 0.05) is 60.7 Å². The first-order valence-electron chi connectivity index (χ1n) is 6.62. The van der Waals surface area contributed by atoms with Gasteiger partial charge in [-0.25, -0.2) is 0 Å². The van der Waals surface area contributed by atoms with Crippen molar-refractivity contribution in [1.29, 1.82) is 0 Å². The normalized spacial score (nSPS) is 15.7. The Hall–Kier alpha value is -2.14. The lowest BCUT2D eigenvalue weighted by molar-refractivity contribution is 0.119. The summed E-state index contributed by atoms with van der Waals surface area (Å²) in [7, 11) is 3.64. The molecule has 0 aromatic carbocycles. The molecule has 2 aromatic heterocycles. The van der Waals surface area contributed by atoms with E-state index in [4.69, 9.17) is 4.74 Å². The van der Waals surface area contributed by atoms with E-state index in [0.717, 1.165) is 22.4 Å². The summed E-state index contributed by atoms with van der Waals surface area (Å²) >= 11 is 0. The van der Waals surface area contributed by atoms with E-state index in [2.05, 4.69) is 21.2 Å². The third-order valence-electron chi connectivity index (χ3n) is 3.65. The zero-order valence-electron chi connectivity index (χ0n) is 11.9. The van der Waals surface area contributed by atoms with Crippen LogP contribution in [0.1, 0.15) is 35.4 Å². The van der Waals surface area contributed by atoms with Gasteiger partial charge in [0.15, 0.2) is 0 Å². The first-order valence-corrected chi connectivity index (χ1v) is 6.62. The Labute approximate surface area is 118 Å². The molecule has 0 bridgehead atoms. The second-order valence-electron chi connectivity index (χ2n) is 4.99. The highest BCUT2D eigenvalue weighted by Crippen LogP contribution is 2.29. The highest BCUT2D eigenvalue weighted by atomic mass is 16.5. The molecule has 5 nitrogen and oxygen atoms in total. The highest BCUT2D eigenvalue weighted by Gasteiger charge is 2.17. The van der Waals surface area contributed by atoms with E-state index in [1.165, 1.54) is 5.56 Å². The molecule has 0 aliphatic carbocycles. The molecule has 104 valence electrons. The Morgan fingerprint density at radius 1 is 1.45 bits per heavy atom. The SMILES string of the molecule is COC(C)c1c[nH]c2c1C=C(c1cnn(C)c1)C=NC2. The number of aliphatic imine (C=N–C) groups is 1. The summed E-state index contributed by atoms with van der Waals surface area (Å²) in [4.78, 5) is 7.77. The van der Waals surface area contributed by atoms with Crippen LogP contribution in [0.4, 0.5) is 0 Å². The molecule has 0 fully saturated rings. The molecule has 0 amide bonds. The van der Waals surface area contributed by atoms with Crippen LogP contribution in [-0.4, -0.2) is 28.1 Å². The molecular weight excluding hydrogens is 252 g/mol. The van der Waals surface area contributed by atoms with Crippen molar-refractivity contribution in [1.82, 2.24) is 14.8 Å². The van der Waals surface area contributed by atoms with Crippen molar-refractivity contribution in [2.75, 3.05) is 7.11 Å².